The number of amides is 2. The minimum atomic E-state index is -0.954. The van der Waals surface area contributed by atoms with Crippen molar-refractivity contribution >= 4 is 17.7 Å². The minimum Gasteiger partial charge on any atom is -0.465 e. The number of aromatic nitrogens is 1. The van der Waals surface area contributed by atoms with Gasteiger partial charge in [0.2, 0.25) is 5.91 Å². The third-order valence-electron chi connectivity index (χ3n) is 10.7. The van der Waals surface area contributed by atoms with Crippen LogP contribution in [0.3, 0.4) is 0 Å². The van der Waals surface area contributed by atoms with Crippen LogP contribution in [0.4, 0.5) is 19.3 Å². The Morgan fingerprint density at radius 1 is 1.07 bits per heavy atom. The SMILES string of the molecule is C[C@@H]1COC[C@@H](C)N1C[C@H]1CN(C(=O)O)[C@](C)(C(C)(C)C)CN1CC(=O)N1CC(C)(C)c2cnc(Cc3ccc(F)cc3F)cc21. The zero-order valence-electron chi connectivity index (χ0n) is 28.4. The zero-order valence-corrected chi connectivity index (χ0v) is 28.4. The Balaban J connectivity index is 1.45. The van der Waals surface area contributed by atoms with Gasteiger partial charge in [0.05, 0.1) is 31.0 Å². The van der Waals surface area contributed by atoms with Crippen molar-refractivity contribution in [1.82, 2.24) is 19.7 Å². The van der Waals surface area contributed by atoms with Crippen LogP contribution in [-0.2, 0) is 21.4 Å². The molecule has 2 saturated heterocycles. The predicted octanol–water partition coefficient (Wildman–Crippen LogP) is 5.15. The number of nitrogens with zero attached hydrogens (tertiary/aromatic N) is 5. The molecule has 1 N–H and O–H groups in total. The number of fused-ring (bicyclic) bond motifs is 1. The summed E-state index contributed by atoms with van der Waals surface area (Å²) < 4.78 is 33.8. The fourth-order valence-corrected chi connectivity index (χ4v) is 7.30. The predicted molar refractivity (Wildman–Crippen MR) is 173 cm³/mol. The summed E-state index contributed by atoms with van der Waals surface area (Å²) in [5.41, 5.74) is 1.12. The molecule has 2 fully saturated rings. The minimum absolute atomic E-state index is 0.0787. The van der Waals surface area contributed by atoms with Crippen molar-refractivity contribution in [3.8, 4) is 0 Å². The van der Waals surface area contributed by atoms with Gasteiger partial charge in [-0.05, 0) is 43.9 Å². The molecule has 1 aromatic heterocycles. The second-order valence-corrected chi connectivity index (χ2v) is 15.4. The van der Waals surface area contributed by atoms with E-state index in [0.717, 1.165) is 17.3 Å². The van der Waals surface area contributed by atoms with Crippen molar-refractivity contribution < 1.29 is 28.2 Å². The molecule has 2 aromatic rings. The van der Waals surface area contributed by atoms with Crippen LogP contribution < -0.4 is 4.90 Å². The highest BCUT2D eigenvalue weighted by Crippen LogP contribution is 2.42. The Kier molecular flexibility index (Phi) is 9.27. The Morgan fingerprint density at radius 2 is 1.74 bits per heavy atom. The molecule has 0 saturated carbocycles. The second-order valence-electron chi connectivity index (χ2n) is 15.4. The van der Waals surface area contributed by atoms with Crippen LogP contribution in [0.1, 0.15) is 72.2 Å². The average molecular weight is 642 g/mol. The molecule has 3 aliphatic heterocycles. The third-order valence-corrected chi connectivity index (χ3v) is 10.7. The number of morpholine rings is 1. The summed E-state index contributed by atoms with van der Waals surface area (Å²) >= 11 is 0. The number of ether oxygens (including phenoxy) is 1. The van der Waals surface area contributed by atoms with Crippen molar-refractivity contribution in [1.29, 1.82) is 0 Å². The molecule has 1 aromatic carbocycles. The van der Waals surface area contributed by atoms with Crippen LogP contribution in [0.5, 0.6) is 0 Å². The third kappa shape index (κ3) is 6.51. The number of rotatable bonds is 6. The van der Waals surface area contributed by atoms with Gasteiger partial charge in [0.25, 0.3) is 0 Å². The summed E-state index contributed by atoms with van der Waals surface area (Å²) in [7, 11) is 0. The van der Waals surface area contributed by atoms with Crippen molar-refractivity contribution in [3.05, 3.63) is 58.9 Å². The van der Waals surface area contributed by atoms with Gasteiger partial charge in [0, 0.05) is 79.7 Å². The fourth-order valence-electron chi connectivity index (χ4n) is 7.30. The van der Waals surface area contributed by atoms with Gasteiger partial charge in [0.15, 0.2) is 0 Å². The molecule has 0 radical (unpaired) electrons. The fraction of sp³-hybridized carbons (Fsp3) is 0.629. The first-order valence-electron chi connectivity index (χ1n) is 16.2. The maximum absolute atomic E-state index is 14.5. The van der Waals surface area contributed by atoms with E-state index in [1.807, 2.05) is 33.8 Å². The van der Waals surface area contributed by atoms with Gasteiger partial charge >= 0.3 is 6.09 Å². The molecule has 11 heteroatoms. The number of carbonyl (C=O) groups is 2. The summed E-state index contributed by atoms with van der Waals surface area (Å²) in [5, 5.41) is 10.4. The number of hydrogen-bond donors (Lipinski definition) is 1. The first-order valence-corrected chi connectivity index (χ1v) is 16.2. The highest BCUT2D eigenvalue weighted by atomic mass is 19.1. The molecule has 46 heavy (non-hydrogen) atoms. The second kappa shape index (κ2) is 12.5. The quantitative estimate of drug-likeness (QED) is 0.467. The summed E-state index contributed by atoms with van der Waals surface area (Å²) in [6.07, 6.45) is 0.983. The molecule has 0 bridgehead atoms. The number of hydrogen-bond acceptors (Lipinski definition) is 6. The molecule has 5 rings (SSSR count). The van der Waals surface area contributed by atoms with Crippen molar-refractivity contribution in [2.45, 2.75) is 90.9 Å². The lowest BCUT2D eigenvalue weighted by Gasteiger charge is -2.57. The Labute approximate surface area is 271 Å². The maximum Gasteiger partial charge on any atom is 0.407 e. The van der Waals surface area contributed by atoms with Crippen molar-refractivity contribution in [2.24, 2.45) is 5.41 Å². The molecule has 252 valence electrons. The number of anilines is 1. The Hall–Kier alpha value is -3.15. The van der Waals surface area contributed by atoms with Crippen LogP contribution in [0.15, 0.2) is 30.5 Å². The van der Waals surface area contributed by atoms with E-state index < -0.39 is 28.7 Å². The average Bonchev–Trinajstić information content (AvgIpc) is 3.22. The van der Waals surface area contributed by atoms with E-state index in [9.17, 15) is 23.5 Å². The molecular weight excluding hydrogens is 592 g/mol. The van der Waals surface area contributed by atoms with Gasteiger partial charge < -0.3 is 14.7 Å². The zero-order chi connectivity index (χ0) is 33.8. The van der Waals surface area contributed by atoms with Gasteiger partial charge in [0.1, 0.15) is 11.6 Å². The number of benzene rings is 1. The number of pyridine rings is 1. The van der Waals surface area contributed by atoms with Gasteiger partial charge in [-0.3, -0.25) is 24.5 Å². The van der Waals surface area contributed by atoms with Crippen molar-refractivity contribution in [2.75, 3.05) is 50.8 Å². The van der Waals surface area contributed by atoms with E-state index in [4.69, 9.17) is 4.74 Å². The molecule has 0 aliphatic carbocycles. The van der Waals surface area contributed by atoms with Gasteiger partial charge in [-0.1, -0.05) is 40.7 Å². The molecule has 0 spiro atoms. The van der Waals surface area contributed by atoms with E-state index in [-0.39, 0.29) is 49.0 Å². The van der Waals surface area contributed by atoms with Crippen LogP contribution in [-0.4, -0.2) is 106 Å². The smallest absolute Gasteiger partial charge is 0.407 e. The number of halogens is 2. The lowest BCUT2D eigenvalue weighted by molar-refractivity contribution is -0.126. The van der Waals surface area contributed by atoms with E-state index in [2.05, 4.69) is 42.5 Å². The van der Waals surface area contributed by atoms with E-state index in [1.165, 1.54) is 12.1 Å². The summed E-state index contributed by atoms with van der Waals surface area (Å²) in [6, 6.07) is 5.49. The summed E-state index contributed by atoms with van der Waals surface area (Å²) in [6.45, 7) is 19.6. The van der Waals surface area contributed by atoms with Crippen LogP contribution in [0.25, 0.3) is 0 Å². The molecule has 4 heterocycles. The molecule has 0 unspecified atom stereocenters. The number of carboxylic acid groups (broad SMARTS) is 1. The van der Waals surface area contributed by atoms with Crippen LogP contribution in [0.2, 0.25) is 0 Å². The normalized spacial score (nSPS) is 27.1. The van der Waals surface area contributed by atoms with Gasteiger partial charge in [-0.15, -0.1) is 0 Å². The molecule has 4 atom stereocenters. The van der Waals surface area contributed by atoms with Crippen LogP contribution in [0, 0.1) is 17.0 Å². The highest BCUT2D eigenvalue weighted by molar-refractivity contribution is 5.97. The van der Waals surface area contributed by atoms with E-state index in [0.29, 0.717) is 44.1 Å². The maximum atomic E-state index is 14.5. The Bertz CT molecular complexity index is 1470. The highest BCUT2D eigenvalue weighted by Gasteiger charge is 2.52. The lowest BCUT2D eigenvalue weighted by Crippen LogP contribution is -2.72. The van der Waals surface area contributed by atoms with Crippen molar-refractivity contribution in [3.63, 3.8) is 0 Å². The van der Waals surface area contributed by atoms with E-state index in [1.54, 1.807) is 16.0 Å². The monoisotopic (exact) mass is 641 g/mol. The van der Waals surface area contributed by atoms with Gasteiger partial charge in [-0.25, -0.2) is 13.6 Å². The number of carbonyl (C=O) groups excluding carboxylic acids is 1. The molecule has 3 aliphatic rings. The summed E-state index contributed by atoms with van der Waals surface area (Å²) in [4.78, 5) is 39.6. The first kappa shape index (κ1) is 34.2. The van der Waals surface area contributed by atoms with Crippen LogP contribution >= 0.6 is 0 Å². The lowest BCUT2D eigenvalue weighted by atomic mass is 9.71. The largest absolute Gasteiger partial charge is 0.465 e. The molecular formula is C35H49F2N5O4. The number of piperazine rings is 1. The first-order chi connectivity index (χ1) is 21.4. The van der Waals surface area contributed by atoms with E-state index >= 15 is 0 Å². The molecule has 9 nitrogen and oxygen atoms in total. The topological polar surface area (TPSA) is 89.5 Å². The van der Waals surface area contributed by atoms with Gasteiger partial charge in [-0.2, -0.15) is 0 Å². The molecule has 2 amide bonds. The summed E-state index contributed by atoms with van der Waals surface area (Å²) in [5.74, 6) is -1.35. The standard InChI is InChI=1S/C35H49F2N5O4/c1-22-18-46-19-23(2)40(22)15-27-16-42(32(44)45)35(8,33(3,4)5)21-39(27)17-31(43)41-20-34(6,7)28-14-38-26(13-30(28)41)11-24-9-10-25(36)12-29(24)37/h9-10,12-14,22-23,27H,11,15-21H2,1-8H3,(H,44,45)/t22-,23-,27+,35+/m1/s1. The Morgan fingerprint density at radius 3 is 2.35 bits per heavy atom.